The molecule has 2 aromatic rings. The number of Topliss-reactive ketones (excluding diaryl/α,β-unsaturated/α-hetero) is 1. The lowest BCUT2D eigenvalue weighted by Crippen LogP contribution is -2.37. The molecule has 5 heteroatoms. The van der Waals surface area contributed by atoms with Crippen molar-refractivity contribution in [1.29, 1.82) is 0 Å². The normalized spacial score (nSPS) is 13.6. The highest BCUT2D eigenvalue weighted by Gasteiger charge is 2.19. The van der Waals surface area contributed by atoms with E-state index in [1.807, 2.05) is 36.1 Å². The van der Waals surface area contributed by atoms with Crippen LogP contribution in [0, 0.1) is 12.7 Å². The van der Waals surface area contributed by atoms with Crippen molar-refractivity contribution >= 4 is 34.3 Å². The van der Waals surface area contributed by atoms with E-state index in [1.165, 1.54) is 29.8 Å². The highest BCUT2D eigenvalue weighted by Crippen LogP contribution is 2.20. The van der Waals surface area contributed by atoms with Gasteiger partial charge in [0.25, 0.3) is 0 Å². The van der Waals surface area contributed by atoms with Crippen molar-refractivity contribution in [3.63, 3.8) is 0 Å². The van der Waals surface area contributed by atoms with Crippen molar-refractivity contribution in [3.8, 4) is 0 Å². The fraction of sp³-hybridized carbons (Fsp3) is 0.300. The second-order valence-corrected chi connectivity index (χ2v) is 6.11. The molecular weight excluding hydrogens is 383 g/mol. The van der Waals surface area contributed by atoms with E-state index in [0.29, 0.717) is 5.56 Å². The van der Waals surface area contributed by atoms with E-state index in [0.717, 1.165) is 37.3 Å². The highest BCUT2D eigenvalue weighted by molar-refractivity contribution is 8.93. The number of ketones is 1. The molecule has 1 heterocycles. The van der Waals surface area contributed by atoms with Crippen LogP contribution in [0.5, 0.6) is 0 Å². The summed E-state index contributed by atoms with van der Waals surface area (Å²) in [6, 6.07) is 13.8. The molecule has 0 radical (unpaired) electrons. The monoisotopic (exact) mass is 404 g/mol. The predicted octanol–water partition coefficient (Wildman–Crippen LogP) is 4.98. The zero-order valence-corrected chi connectivity index (χ0v) is 16.0. The summed E-state index contributed by atoms with van der Waals surface area (Å²) >= 11 is 0. The van der Waals surface area contributed by atoms with Crippen LogP contribution < -0.4 is 4.90 Å². The summed E-state index contributed by atoms with van der Waals surface area (Å²) in [7, 11) is 0. The van der Waals surface area contributed by atoms with Crippen LogP contribution in [0.2, 0.25) is 0 Å². The lowest BCUT2D eigenvalue weighted by molar-refractivity contribution is 0.100. The molecule has 0 bridgehead atoms. The summed E-state index contributed by atoms with van der Waals surface area (Å²) in [5, 5.41) is 0. The number of aliphatic imine (C=N–C) groups is 1. The van der Waals surface area contributed by atoms with Gasteiger partial charge in [0.05, 0.1) is 6.54 Å². The molecule has 3 rings (SSSR count). The molecule has 0 aliphatic carbocycles. The number of anilines is 1. The molecule has 1 aliphatic heterocycles. The molecule has 0 saturated carbocycles. The van der Waals surface area contributed by atoms with Gasteiger partial charge in [-0.15, -0.1) is 17.0 Å². The Bertz CT molecular complexity index is 741. The molecule has 0 spiro atoms. The van der Waals surface area contributed by atoms with E-state index in [-0.39, 0.29) is 35.1 Å². The molecule has 0 unspecified atom stereocenters. The Balaban J connectivity index is 0.00000225. The summed E-state index contributed by atoms with van der Waals surface area (Å²) in [6.45, 7) is 3.06. The van der Waals surface area contributed by atoms with Crippen LogP contribution in [0.25, 0.3) is 0 Å². The van der Waals surface area contributed by atoms with Gasteiger partial charge in [0, 0.05) is 24.2 Å². The van der Waals surface area contributed by atoms with Crippen LogP contribution in [0.15, 0.2) is 53.5 Å². The fourth-order valence-electron chi connectivity index (χ4n) is 2.83. The fourth-order valence-corrected chi connectivity index (χ4v) is 2.83. The Hall–Kier alpha value is -2.01. The van der Waals surface area contributed by atoms with Crippen molar-refractivity contribution < 1.29 is 9.18 Å². The van der Waals surface area contributed by atoms with Gasteiger partial charge in [-0.25, -0.2) is 4.39 Å². The van der Waals surface area contributed by atoms with E-state index < -0.39 is 0 Å². The molecule has 1 aliphatic rings. The van der Waals surface area contributed by atoms with E-state index >= 15 is 0 Å². The molecule has 3 nitrogen and oxygen atoms in total. The number of rotatable bonds is 4. The van der Waals surface area contributed by atoms with Crippen LogP contribution >= 0.6 is 17.0 Å². The first kappa shape index (κ1) is 19.3. The van der Waals surface area contributed by atoms with Crippen LogP contribution in [-0.2, 0) is 0 Å². The SMILES string of the molecule is Br.Cc1ccc(N(CC(=O)c2ccc(F)cc2)C2=NCCCC2)cc1. The molecule has 0 atom stereocenters. The number of amidine groups is 1. The third kappa shape index (κ3) is 4.98. The van der Waals surface area contributed by atoms with Crippen molar-refractivity contribution in [3.05, 3.63) is 65.5 Å². The number of carbonyl (C=O) groups is 1. The van der Waals surface area contributed by atoms with Gasteiger partial charge in [-0.2, -0.15) is 0 Å². The van der Waals surface area contributed by atoms with Gasteiger partial charge < -0.3 is 4.90 Å². The number of hydrogen-bond donors (Lipinski definition) is 0. The average Bonchev–Trinajstić information content (AvgIpc) is 2.62. The third-order valence-electron chi connectivity index (χ3n) is 4.23. The summed E-state index contributed by atoms with van der Waals surface area (Å²) in [4.78, 5) is 19.2. The van der Waals surface area contributed by atoms with E-state index in [1.54, 1.807) is 0 Å². The topological polar surface area (TPSA) is 32.7 Å². The van der Waals surface area contributed by atoms with Crippen molar-refractivity contribution in [2.75, 3.05) is 18.0 Å². The molecule has 0 amide bonds. The quantitative estimate of drug-likeness (QED) is 0.672. The maximum Gasteiger partial charge on any atom is 0.182 e. The maximum absolute atomic E-state index is 13.1. The Morgan fingerprint density at radius 1 is 1.08 bits per heavy atom. The molecule has 132 valence electrons. The minimum atomic E-state index is -0.335. The standard InChI is InChI=1S/C20H21FN2O.BrH/c1-15-5-11-18(12-6-15)23(20-4-2-3-13-22-20)14-19(24)16-7-9-17(21)10-8-16;/h5-12H,2-4,13-14H2,1H3;1H. The van der Waals surface area contributed by atoms with Gasteiger partial charge in [0.15, 0.2) is 5.78 Å². The van der Waals surface area contributed by atoms with E-state index in [9.17, 15) is 9.18 Å². The van der Waals surface area contributed by atoms with Gasteiger partial charge >= 0.3 is 0 Å². The minimum Gasteiger partial charge on any atom is -0.322 e. The van der Waals surface area contributed by atoms with Gasteiger partial charge in [-0.05, 0) is 56.2 Å². The van der Waals surface area contributed by atoms with Crippen LogP contribution in [0.3, 0.4) is 0 Å². The summed E-state index contributed by atoms with van der Waals surface area (Å²) in [6.07, 6.45) is 3.06. The first-order valence-corrected chi connectivity index (χ1v) is 8.30. The number of carbonyl (C=O) groups excluding carboxylic acids is 1. The minimum absolute atomic E-state index is 0. The molecule has 0 N–H and O–H groups in total. The van der Waals surface area contributed by atoms with Crippen molar-refractivity contribution in [1.82, 2.24) is 0 Å². The van der Waals surface area contributed by atoms with Crippen LogP contribution in [-0.4, -0.2) is 24.7 Å². The second kappa shape index (κ2) is 8.90. The van der Waals surface area contributed by atoms with Gasteiger partial charge in [-0.1, -0.05) is 17.7 Å². The molecule has 2 aromatic carbocycles. The van der Waals surface area contributed by atoms with Crippen LogP contribution in [0.1, 0.15) is 35.2 Å². The predicted molar refractivity (Wildman–Crippen MR) is 106 cm³/mol. The highest BCUT2D eigenvalue weighted by atomic mass is 79.9. The third-order valence-corrected chi connectivity index (χ3v) is 4.23. The first-order chi connectivity index (χ1) is 11.6. The molecule has 0 saturated heterocycles. The molecule has 0 fully saturated rings. The Morgan fingerprint density at radius 2 is 1.76 bits per heavy atom. The van der Waals surface area contributed by atoms with Crippen molar-refractivity contribution in [2.45, 2.75) is 26.2 Å². The zero-order chi connectivity index (χ0) is 16.9. The summed E-state index contributed by atoms with van der Waals surface area (Å²) in [5.41, 5.74) is 2.66. The van der Waals surface area contributed by atoms with Gasteiger partial charge in [0.1, 0.15) is 11.7 Å². The first-order valence-electron chi connectivity index (χ1n) is 8.30. The summed E-state index contributed by atoms with van der Waals surface area (Å²) < 4.78 is 13.1. The number of aryl methyl sites for hydroxylation is 1. The maximum atomic E-state index is 13.1. The number of hydrogen-bond acceptors (Lipinski definition) is 3. The van der Waals surface area contributed by atoms with Gasteiger partial charge in [-0.3, -0.25) is 9.79 Å². The summed E-state index contributed by atoms with van der Waals surface area (Å²) in [5.74, 6) is 0.586. The average molecular weight is 405 g/mol. The molecular formula is C20H22BrFN2O. The molecule has 0 aromatic heterocycles. The smallest absolute Gasteiger partial charge is 0.182 e. The Morgan fingerprint density at radius 3 is 2.36 bits per heavy atom. The number of nitrogens with zero attached hydrogens (tertiary/aromatic N) is 2. The van der Waals surface area contributed by atoms with Gasteiger partial charge in [0.2, 0.25) is 0 Å². The van der Waals surface area contributed by atoms with Crippen LogP contribution in [0.4, 0.5) is 10.1 Å². The number of halogens is 2. The van der Waals surface area contributed by atoms with Crippen molar-refractivity contribution in [2.24, 2.45) is 4.99 Å². The lowest BCUT2D eigenvalue weighted by Gasteiger charge is -2.28. The Labute approximate surface area is 158 Å². The van der Waals surface area contributed by atoms with E-state index in [2.05, 4.69) is 4.99 Å². The largest absolute Gasteiger partial charge is 0.322 e. The zero-order valence-electron chi connectivity index (χ0n) is 14.2. The van der Waals surface area contributed by atoms with E-state index in [4.69, 9.17) is 0 Å². The second-order valence-electron chi connectivity index (χ2n) is 6.11. The Kier molecular flexibility index (Phi) is 6.88. The molecule has 25 heavy (non-hydrogen) atoms. The lowest BCUT2D eigenvalue weighted by atomic mass is 10.1. The number of benzene rings is 2.